The zero-order valence-corrected chi connectivity index (χ0v) is 14.0. The molecule has 1 aromatic carbocycles. The Morgan fingerprint density at radius 3 is 2.58 bits per heavy atom. The normalized spacial score (nSPS) is 26.2. The number of aromatic nitrogens is 1. The molecule has 2 aromatic rings. The number of primary amides is 1. The van der Waals surface area contributed by atoms with Crippen molar-refractivity contribution in [1.29, 1.82) is 0 Å². The van der Waals surface area contributed by atoms with Gasteiger partial charge in [-0.15, -0.1) is 0 Å². The van der Waals surface area contributed by atoms with E-state index in [4.69, 9.17) is 10.5 Å². The van der Waals surface area contributed by atoms with Crippen LogP contribution in [-0.2, 0) is 9.53 Å². The average molecular weight is 355 g/mol. The van der Waals surface area contributed by atoms with E-state index in [9.17, 15) is 14.0 Å². The zero-order chi connectivity index (χ0) is 18.4. The van der Waals surface area contributed by atoms with Crippen LogP contribution in [0.3, 0.4) is 0 Å². The van der Waals surface area contributed by atoms with E-state index >= 15 is 0 Å². The van der Waals surface area contributed by atoms with E-state index in [1.165, 1.54) is 6.07 Å². The standard InChI is InChI=1S/C19H18FN3O3/c20-15-7-13(1-2-14(15)12-3-5-22-6-4-12)16(24)23-10-19-8-18(9-19,11-26-19)17(21)25/h1-7H,8-11H2,(H2,21,25)(H,23,24). The number of halogens is 1. The molecule has 2 amide bonds. The van der Waals surface area contributed by atoms with E-state index in [0.29, 0.717) is 30.6 Å². The number of amides is 2. The molecule has 0 radical (unpaired) electrons. The summed E-state index contributed by atoms with van der Waals surface area (Å²) >= 11 is 0. The minimum atomic E-state index is -0.580. The molecule has 1 saturated carbocycles. The van der Waals surface area contributed by atoms with Gasteiger partial charge in [0.05, 0.1) is 17.6 Å². The Labute approximate surface area is 149 Å². The lowest BCUT2D eigenvalue weighted by Gasteiger charge is -2.42. The Hall–Kier alpha value is -2.80. The fourth-order valence-corrected chi connectivity index (χ4v) is 3.86. The zero-order valence-electron chi connectivity index (χ0n) is 14.0. The summed E-state index contributed by atoms with van der Waals surface area (Å²) in [6.07, 6.45) is 4.21. The number of ether oxygens (including phenoxy) is 1. The fraction of sp³-hybridized carbons (Fsp3) is 0.316. The maximum Gasteiger partial charge on any atom is 0.251 e. The molecule has 7 heteroatoms. The number of nitrogens with one attached hydrogen (secondary N) is 1. The van der Waals surface area contributed by atoms with Crippen LogP contribution in [0.15, 0.2) is 42.7 Å². The van der Waals surface area contributed by atoms with Gasteiger partial charge in [0.15, 0.2) is 0 Å². The van der Waals surface area contributed by atoms with Gasteiger partial charge in [-0.1, -0.05) is 6.07 Å². The van der Waals surface area contributed by atoms with E-state index in [2.05, 4.69) is 10.3 Å². The van der Waals surface area contributed by atoms with E-state index in [-0.39, 0.29) is 23.9 Å². The van der Waals surface area contributed by atoms with E-state index < -0.39 is 16.8 Å². The summed E-state index contributed by atoms with van der Waals surface area (Å²) in [6, 6.07) is 7.78. The first-order valence-corrected chi connectivity index (χ1v) is 8.35. The molecule has 3 N–H and O–H groups in total. The molecule has 26 heavy (non-hydrogen) atoms. The number of nitrogens with two attached hydrogens (primary N) is 1. The maximum absolute atomic E-state index is 14.4. The molecule has 3 aliphatic rings. The quantitative estimate of drug-likeness (QED) is 0.853. The van der Waals surface area contributed by atoms with Gasteiger partial charge in [-0.2, -0.15) is 0 Å². The van der Waals surface area contributed by atoms with Gasteiger partial charge in [-0.05, 0) is 42.7 Å². The first-order chi connectivity index (χ1) is 12.4. The summed E-state index contributed by atoms with van der Waals surface area (Å²) in [6.45, 7) is 0.571. The van der Waals surface area contributed by atoms with Crippen LogP contribution in [0.25, 0.3) is 11.1 Å². The minimum absolute atomic E-state index is 0.232. The molecule has 5 rings (SSSR count). The first-order valence-electron chi connectivity index (χ1n) is 8.35. The summed E-state index contributed by atoms with van der Waals surface area (Å²) in [4.78, 5) is 27.7. The second-order valence-corrected chi connectivity index (χ2v) is 7.08. The lowest BCUT2D eigenvalue weighted by molar-refractivity contribution is -0.132. The number of carbonyl (C=O) groups excluding carboxylic acids is 2. The highest BCUT2D eigenvalue weighted by Gasteiger charge is 2.65. The van der Waals surface area contributed by atoms with Crippen LogP contribution in [-0.4, -0.2) is 35.6 Å². The SMILES string of the molecule is NC(=O)C12COC(CNC(=O)c3ccc(-c4ccncc4)c(F)c3)(C1)C2. The molecular weight excluding hydrogens is 337 g/mol. The topological polar surface area (TPSA) is 94.3 Å². The maximum atomic E-state index is 14.4. The van der Waals surface area contributed by atoms with E-state index in [0.717, 1.165) is 0 Å². The van der Waals surface area contributed by atoms with Gasteiger partial charge in [0.1, 0.15) is 5.82 Å². The summed E-state index contributed by atoms with van der Waals surface area (Å²) in [7, 11) is 0. The lowest BCUT2D eigenvalue weighted by atomic mass is 9.62. The highest BCUT2D eigenvalue weighted by Crippen LogP contribution is 2.57. The van der Waals surface area contributed by atoms with Crippen molar-refractivity contribution in [1.82, 2.24) is 10.3 Å². The molecule has 6 nitrogen and oxygen atoms in total. The molecule has 0 unspecified atom stereocenters. The number of hydrogen-bond donors (Lipinski definition) is 2. The van der Waals surface area contributed by atoms with Crippen molar-refractivity contribution in [3.8, 4) is 11.1 Å². The van der Waals surface area contributed by atoms with E-state index in [1.54, 1.807) is 36.7 Å². The van der Waals surface area contributed by atoms with Crippen molar-refractivity contribution in [2.45, 2.75) is 18.4 Å². The van der Waals surface area contributed by atoms with Crippen molar-refractivity contribution >= 4 is 11.8 Å². The average Bonchev–Trinajstić information content (AvgIpc) is 3.17. The molecule has 2 saturated heterocycles. The first kappa shape index (κ1) is 16.7. The monoisotopic (exact) mass is 355 g/mol. The number of nitrogens with zero attached hydrogens (tertiary/aromatic N) is 1. The Balaban J connectivity index is 1.42. The third-order valence-electron chi connectivity index (χ3n) is 5.29. The fourth-order valence-electron chi connectivity index (χ4n) is 3.86. The third-order valence-corrected chi connectivity index (χ3v) is 5.29. The van der Waals surface area contributed by atoms with E-state index in [1.807, 2.05) is 0 Å². The van der Waals surface area contributed by atoms with Gasteiger partial charge in [0.2, 0.25) is 5.91 Å². The Bertz CT molecular complexity index is 879. The van der Waals surface area contributed by atoms with Crippen LogP contribution in [0.5, 0.6) is 0 Å². The van der Waals surface area contributed by atoms with Crippen LogP contribution in [0.1, 0.15) is 23.2 Å². The van der Waals surface area contributed by atoms with Crippen LogP contribution in [0.2, 0.25) is 0 Å². The largest absolute Gasteiger partial charge is 0.372 e. The van der Waals surface area contributed by atoms with Crippen LogP contribution in [0.4, 0.5) is 4.39 Å². The summed E-state index contributed by atoms with van der Waals surface area (Å²) in [5.41, 5.74) is 5.63. The predicted molar refractivity (Wildman–Crippen MR) is 91.5 cm³/mol. The molecule has 1 aliphatic carbocycles. The highest BCUT2D eigenvalue weighted by molar-refractivity contribution is 5.95. The third kappa shape index (κ3) is 2.64. The van der Waals surface area contributed by atoms with Gasteiger partial charge in [-0.25, -0.2) is 4.39 Å². The lowest BCUT2D eigenvalue weighted by Crippen LogP contribution is -2.56. The van der Waals surface area contributed by atoms with Crippen molar-refractivity contribution in [2.24, 2.45) is 11.1 Å². The number of carbonyl (C=O) groups is 2. The van der Waals surface area contributed by atoms with Crippen LogP contribution in [0, 0.1) is 11.2 Å². The van der Waals surface area contributed by atoms with Gasteiger partial charge in [-0.3, -0.25) is 14.6 Å². The molecule has 0 spiro atoms. The molecule has 1 aromatic heterocycles. The minimum Gasteiger partial charge on any atom is -0.372 e. The van der Waals surface area contributed by atoms with Crippen LogP contribution >= 0.6 is 0 Å². The van der Waals surface area contributed by atoms with Crippen LogP contribution < -0.4 is 11.1 Å². The second kappa shape index (κ2) is 5.88. The Kier molecular flexibility index (Phi) is 3.77. The summed E-state index contributed by atoms with van der Waals surface area (Å²) in [5.74, 6) is -1.21. The van der Waals surface area contributed by atoms with Gasteiger partial charge >= 0.3 is 0 Å². The Morgan fingerprint density at radius 2 is 1.96 bits per heavy atom. The van der Waals surface area contributed by atoms with Gasteiger partial charge < -0.3 is 15.8 Å². The smallest absolute Gasteiger partial charge is 0.251 e. The highest BCUT2D eigenvalue weighted by atomic mass is 19.1. The van der Waals surface area contributed by atoms with Crippen molar-refractivity contribution in [2.75, 3.05) is 13.2 Å². The molecule has 3 fully saturated rings. The number of hydrogen-bond acceptors (Lipinski definition) is 4. The molecule has 2 bridgehead atoms. The Morgan fingerprint density at radius 1 is 1.23 bits per heavy atom. The molecule has 2 aliphatic heterocycles. The summed E-state index contributed by atoms with van der Waals surface area (Å²) < 4.78 is 20.1. The van der Waals surface area contributed by atoms with Gasteiger partial charge in [0, 0.05) is 30.1 Å². The number of pyridine rings is 1. The molecule has 134 valence electrons. The molecule has 3 heterocycles. The summed E-state index contributed by atoms with van der Waals surface area (Å²) in [5, 5.41) is 2.77. The predicted octanol–water partition coefficient (Wildman–Crippen LogP) is 1.65. The number of benzene rings is 1. The van der Waals surface area contributed by atoms with Crippen molar-refractivity contribution < 1.29 is 18.7 Å². The molecule has 0 atom stereocenters. The van der Waals surface area contributed by atoms with Crippen molar-refractivity contribution in [3.63, 3.8) is 0 Å². The second-order valence-electron chi connectivity index (χ2n) is 7.08. The molecular formula is C19H18FN3O3. The van der Waals surface area contributed by atoms with Crippen molar-refractivity contribution in [3.05, 3.63) is 54.1 Å². The number of fused-ring (bicyclic) bond motifs is 1. The number of rotatable bonds is 5. The van der Waals surface area contributed by atoms with Gasteiger partial charge in [0.25, 0.3) is 5.91 Å².